The van der Waals surface area contributed by atoms with Gasteiger partial charge in [-0.05, 0) is 26.0 Å². The van der Waals surface area contributed by atoms with E-state index >= 15 is 0 Å². The first-order valence-corrected chi connectivity index (χ1v) is 5.94. The molecule has 5 heteroatoms. The highest BCUT2D eigenvalue weighted by molar-refractivity contribution is 6.07. The van der Waals surface area contributed by atoms with Crippen LogP contribution in [0.2, 0.25) is 0 Å². The highest BCUT2D eigenvalue weighted by atomic mass is 16.3. The standard InChI is InChI=1S/C13H18N2O3/c1-13(2)12(18)15(7-9(17)8-16)11-6-4-3-5-10(11)14-13/h3-6,9,14,16-17H,7-8H2,1-2H3. The molecule has 2 rings (SSSR count). The molecule has 0 fully saturated rings. The van der Waals surface area contributed by atoms with Gasteiger partial charge in [-0.3, -0.25) is 4.79 Å². The predicted octanol–water partition coefficient (Wildman–Crippen LogP) is 0.577. The minimum atomic E-state index is -0.934. The summed E-state index contributed by atoms with van der Waals surface area (Å²) in [7, 11) is 0. The molecular formula is C13H18N2O3. The van der Waals surface area contributed by atoms with Crippen LogP contribution in [0.5, 0.6) is 0 Å². The molecule has 0 aromatic heterocycles. The molecule has 1 amide bonds. The molecule has 0 radical (unpaired) electrons. The number of hydrogen-bond donors (Lipinski definition) is 3. The van der Waals surface area contributed by atoms with Crippen molar-refractivity contribution < 1.29 is 15.0 Å². The summed E-state index contributed by atoms with van der Waals surface area (Å²) in [6.07, 6.45) is -0.934. The van der Waals surface area contributed by atoms with Crippen molar-refractivity contribution in [3.8, 4) is 0 Å². The number of amides is 1. The maximum Gasteiger partial charge on any atom is 0.252 e. The van der Waals surface area contributed by atoms with Crippen LogP contribution in [0.4, 0.5) is 11.4 Å². The molecule has 1 aromatic rings. The Morgan fingerprint density at radius 1 is 1.39 bits per heavy atom. The monoisotopic (exact) mass is 250 g/mol. The average molecular weight is 250 g/mol. The molecule has 1 atom stereocenters. The number of anilines is 2. The molecule has 5 nitrogen and oxygen atoms in total. The summed E-state index contributed by atoms with van der Waals surface area (Å²) < 4.78 is 0. The van der Waals surface area contributed by atoms with Gasteiger partial charge >= 0.3 is 0 Å². The highest BCUT2D eigenvalue weighted by Gasteiger charge is 2.38. The van der Waals surface area contributed by atoms with Gasteiger partial charge in [0, 0.05) is 0 Å². The zero-order valence-electron chi connectivity index (χ0n) is 10.6. The number of para-hydroxylation sites is 2. The van der Waals surface area contributed by atoms with Crippen LogP contribution in [0.15, 0.2) is 24.3 Å². The Bertz CT molecular complexity index is 459. The van der Waals surface area contributed by atoms with E-state index in [-0.39, 0.29) is 19.1 Å². The SMILES string of the molecule is CC1(C)Nc2ccccc2N(CC(O)CO)C1=O. The van der Waals surface area contributed by atoms with Gasteiger partial charge in [0.2, 0.25) is 0 Å². The van der Waals surface area contributed by atoms with Crippen molar-refractivity contribution in [2.24, 2.45) is 0 Å². The number of aliphatic hydroxyl groups is 2. The van der Waals surface area contributed by atoms with E-state index in [0.29, 0.717) is 0 Å². The largest absolute Gasteiger partial charge is 0.394 e. The van der Waals surface area contributed by atoms with Crippen molar-refractivity contribution in [1.82, 2.24) is 0 Å². The second kappa shape index (κ2) is 4.59. The third kappa shape index (κ3) is 2.19. The molecule has 1 aliphatic heterocycles. The van der Waals surface area contributed by atoms with Gasteiger partial charge in [0.15, 0.2) is 0 Å². The van der Waals surface area contributed by atoms with E-state index in [1.807, 2.05) is 24.3 Å². The van der Waals surface area contributed by atoms with Gasteiger partial charge in [-0.15, -0.1) is 0 Å². The number of benzene rings is 1. The minimum Gasteiger partial charge on any atom is -0.394 e. The summed E-state index contributed by atoms with van der Waals surface area (Å²) in [5.41, 5.74) is 0.866. The molecule has 1 aromatic carbocycles. The Balaban J connectivity index is 2.39. The third-order valence-electron chi connectivity index (χ3n) is 3.03. The molecule has 3 N–H and O–H groups in total. The number of carbonyl (C=O) groups is 1. The van der Waals surface area contributed by atoms with Crippen LogP contribution in [-0.2, 0) is 4.79 Å². The van der Waals surface area contributed by atoms with Crippen LogP contribution < -0.4 is 10.2 Å². The summed E-state index contributed by atoms with van der Waals surface area (Å²) in [6, 6.07) is 7.43. The molecular weight excluding hydrogens is 232 g/mol. The Labute approximate surface area is 106 Å². The summed E-state index contributed by atoms with van der Waals surface area (Å²) in [4.78, 5) is 13.9. The molecule has 0 bridgehead atoms. The van der Waals surface area contributed by atoms with Crippen LogP contribution >= 0.6 is 0 Å². The van der Waals surface area contributed by atoms with Crippen LogP contribution in [-0.4, -0.2) is 40.9 Å². The summed E-state index contributed by atoms with van der Waals surface area (Å²) in [5, 5.41) is 21.7. The van der Waals surface area contributed by atoms with Gasteiger partial charge in [-0.25, -0.2) is 0 Å². The van der Waals surface area contributed by atoms with E-state index in [1.54, 1.807) is 13.8 Å². The van der Waals surface area contributed by atoms with Crippen molar-refractivity contribution in [1.29, 1.82) is 0 Å². The number of hydrogen-bond acceptors (Lipinski definition) is 4. The molecule has 98 valence electrons. The molecule has 0 saturated carbocycles. The fraction of sp³-hybridized carbons (Fsp3) is 0.462. The Kier molecular flexibility index (Phi) is 3.28. The Morgan fingerprint density at radius 2 is 2.06 bits per heavy atom. The molecule has 1 unspecified atom stereocenters. The minimum absolute atomic E-state index is 0.0947. The lowest BCUT2D eigenvalue weighted by molar-refractivity contribution is -0.122. The molecule has 0 saturated heterocycles. The van der Waals surface area contributed by atoms with Crippen molar-refractivity contribution in [2.75, 3.05) is 23.4 Å². The molecule has 0 aliphatic carbocycles. The summed E-state index contributed by atoms with van der Waals surface area (Å²) in [5.74, 6) is -0.117. The van der Waals surface area contributed by atoms with E-state index in [1.165, 1.54) is 4.90 Å². The number of nitrogens with zero attached hydrogens (tertiary/aromatic N) is 1. The topological polar surface area (TPSA) is 72.8 Å². The first-order valence-electron chi connectivity index (χ1n) is 5.94. The van der Waals surface area contributed by atoms with Gasteiger partial charge in [-0.2, -0.15) is 0 Å². The van der Waals surface area contributed by atoms with Crippen molar-refractivity contribution in [3.05, 3.63) is 24.3 Å². The fourth-order valence-corrected chi connectivity index (χ4v) is 2.10. The number of carbonyl (C=O) groups excluding carboxylic acids is 1. The summed E-state index contributed by atoms with van der Waals surface area (Å²) in [6.45, 7) is 3.32. The highest BCUT2D eigenvalue weighted by Crippen LogP contribution is 2.34. The van der Waals surface area contributed by atoms with Crippen molar-refractivity contribution in [2.45, 2.75) is 25.5 Å². The maximum absolute atomic E-state index is 12.3. The number of fused-ring (bicyclic) bond motifs is 1. The number of nitrogens with one attached hydrogen (secondary N) is 1. The van der Waals surface area contributed by atoms with Gasteiger partial charge in [0.05, 0.1) is 30.6 Å². The molecule has 1 heterocycles. The molecule has 18 heavy (non-hydrogen) atoms. The third-order valence-corrected chi connectivity index (χ3v) is 3.03. The van der Waals surface area contributed by atoms with Crippen molar-refractivity contribution in [3.63, 3.8) is 0 Å². The fourth-order valence-electron chi connectivity index (χ4n) is 2.10. The zero-order valence-corrected chi connectivity index (χ0v) is 10.6. The second-order valence-electron chi connectivity index (χ2n) is 5.02. The number of β-amino-alcohol motifs (C(OH)–C–C–N with tert-alkyl or cyclic N) is 1. The van der Waals surface area contributed by atoms with E-state index in [9.17, 15) is 9.90 Å². The van der Waals surface area contributed by atoms with Crippen LogP contribution in [0.25, 0.3) is 0 Å². The number of aliphatic hydroxyl groups excluding tert-OH is 2. The predicted molar refractivity (Wildman–Crippen MR) is 69.6 cm³/mol. The van der Waals surface area contributed by atoms with E-state index in [0.717, 1.165) is 11.4 Å². The van der Waals surface area contributed by atoms with Crippen LogP contribution in [0.1, 0.15) is 13.8 Å². The Hall–Kier alpha value is -1.59. The van der Waals surface area contributed by atoms with E-state index in [4.69, 9.17) is 5.11 Å². The van der Waals surface area contributed by atoms with Gasteiger partial charge in [0.1, 0.15) is 5.54 Å². The Morgan fingerprint density at radius 3 is 2.72 bits per heavy atom. The van der Waals surface area contributed by atoms with Gasteiger partial charge in [-0.1, -0.05) is 12.1 Å². The normalized spacial score (nSPS) is 19.1. The number of rotatable bonds is 3. The quantitative estimate of drug-likeness (QED) is 0.733. The lowest BCUT2D eigenvalue weighted by Crippen LogP contribution is -2.55. The molecule has 0 spiro atoms. The maximum atomic E-state index is 12.3. The first kappa shape index (κ1) is 12.9. The van der Waals surface area contributed by atoms with Crippen LogP contribution in [0, 0.1) is 0 Å². The smallest absolute Gasteiger partial charge is 0.252 e. The average Bonchev–Trinajstić information content (AvgIpc) is 2.34. The van der Waals surface area contributed by atoms with Gasteiger partial charge < -0.3 is 20.4 Å². The summed E-state index contributed by atoms with van der Waals surface area (Å²) >= 11 is 0. The first-order chi connectivity index (χ1) is 8.45. The van der Waals surface area contributed by atoms with E-state index in [2.05, 4.69) is 5.32 Å². The van der Waals surface area contributed by atoms with E-state index < -0.39 is 11.6 Å². The molecule has 1 aliphatic rings. The zero-order chi connectivity index (χ0) is 13.3. The lowest BCUT2D eigenvalue weighted by atomic mass is 9.97. The van der Waals surface area contributed by atoms with Crippen molar-refractivity contribution >= 4 is 17.3 Å². The van der Waals surface area contributed by atoms with Crippen LogP contribution in [0.3, 0.4) is 0 Å². The van der Waals surface area contributed by atoms with Gasteiger partial charge in [0.25, 0.3) is 5.91 Å². The second-order valence-corrected chi connectivity index (χ2v) is 5.02. The lowest BCUT2D eigenvalue weighted by Gasteiger charge is -2.40.